The van der Waals surface area contributed by atoms with Crippen molar-refractivity contribution < 1.29 is 14.7 Å². The molecule has 0 saturated heterocycles. The molecule has 2 aromatic carbocycles. The van der Waals surface area contributed by atoms with E-state index in [1.807, 2.05) is 54.1 Å². The van der Waals surface area contributed by atoms with E-state index in [1.165, 1.54) is 11.8 Å². The van der Waals surface area contributed by atoms with Crippen LogP contribution in [0.25, 0.3) is 11.1 Å². The predicted octanol–water partition coefficient (Wildman–Crippen LogP) is 3.93. The van der Waals surface area contributed by atoms with Crippen LogP contribution >= 0.6 is 23.1 Å². The first-order valence-corrected chi connectivity index (χ1v) is 10.8. The van der Waals surface area contributed by atoms with Gasteiger partial charge >= 0.3 is 11.8 Å². The summed E-state index contributed by atoms with van der Waals surface area (Å²) in [6.45, 7) is -0.0474. The van der Waals surface area contributed by atoms with Gasteiger partial charge < -0.3 is 15.7 Å². The summed E-state index contributed by atoms with van der Waals surface area (Å²) in [7, 11) is 0. The summed E-state index contributed by atoms with van der Waals surface area (Å²) in [5, 5.41) is 19.4. The topological polar surface area (TPSA) is 78.4 Å². The first-order chi connectivity index (χ1) is 13.6. The van der Waals surface area contributed by atoms with Crippen molar-refractivity contribution >= 4 is 40.6 Å². The molecule has 3 rings (SSSR count). The Morgan fingerprint density at radius 1 is 1.04 bits per heavy atom. The molecule has 144 valence electrons. The van der Waals surface area contributed by atoms with Gasteiger partial charge in [-0.05, 0) is 51.9 Å². The smallest absolute Gasteiger partial charge is 0.313 e. The van der Waals surface area contributed by atoms with E-state index in [9.17, 15) is 14.7 Å². The third-order valence-corrected chi connectivity index (χ3v) is 5.65. The zero-order valence-corrected chi connectivity index (χ0v) is 16.8. The molecule has 28 heavy (non-hydrogen) atoms. The first kappa shape index (κ1) is 20.1. The number of aliphatic hydroxyl groups excluding tert-OH is 1. The fourth-order valence-electron chi connectivity index (χ4n) is 2.64. The Balaban J connectivity index is 1.54. The number of hydrogen-bond donors (Lipinski definition) is 3. The minimum atomic E-state index is -0.897. The van der Waals surface area contributed by atoms with E-state index in [0.29, 0.717) is 11.3 Å². The third-order valence-electron chi connectivity index (χ3n) is 4.17. The molecule has 1 heterocycles. The number of carbonyl (C=O) groups excluding carboxylic acids is 2. The highest BCUT2D eigenvalue weighted by Crippen LogP contribution is 2.25. The average Bonchev–Trinajstić information content (AvgIpc) is 3.27. The van der Waals surface area contributed by atoms with Crippen LogP contribution < -0.4 is 10.6 Å². The molecule has 1 unspecified atom stereocenters. The molecule has 3 aromatic rings. The molecule has 0 radical (unpaired) electrons. The Kier molecular flexibility index (Phi) is 6.86. The maximum absolute atomic E-state index is 12.1. The molecule has 1 aromatic heterocycles. The highest BCUT2D eigenvalue weighted by molar-refractivity contribution is 7.98. The van der Waals surface area contributed by atoms with Crippen molar-refractivity contribution in [2.45, 2.75) is 11.0 Å². The van der Waals surface area contributed by atoms with Gasteiger partial charge in [-0.25, -0.2) is 0 Å². The van der Waals surface area contributed by atoms with Gasteiger partial charge in [0.1, 0.15) is 0 Å². The van der Waals surface area contributed by atoms with Crippen LogP contribution in [0.1, 0.15) is 11.7 Å². The van der Waals surface area contributed by atoms with Crippen molar-refractivity contribution in [1.82, 2.24) is 5.32 Å². The predicted molar refractivity (Wildman–Crippen MR) is 115 cm³/mol. The van der Waals surface area contributed by atoms with Crippen molar-refractivity contribution in [3.05, 3.63) is 70.9 Å². The largest absolute Gasteiger partial charge is 0.387 e. The van der Waals surface area contributed by atoms with Crippen molar-refractivity contribution in [2.24, 2.45) is 0 Å². The number of nitrogens with one attached hydrogen (secondary N) is 2. The first-order valence-electron chi connectivity index (χ1n) is 8.61. The monoisotopic (exact) mass is 412 g/mol. The minimum absolute atomic E-state index is 0.0474. The Bertz CT molecular complexity index is 941. The zero-order chi connectivity index (χ0) is 19.9. The number of amides is 2. The van der Waals surface area contributed by atoms with E-state index in [4.69, 9.17) is 0 Å². The second-order valence-corrected chi connectivity index (χ2v) is 7.64. The lowest BCUT2D eigenvalue weighted by Gasteiger charge is -2.13. The summed E-state index contributed by atoms with van der Waals surface area (Å²) in [5.41, 5.74) is 3.45. The van der Waals surface area contributed by atoms with Gasteiger partial charge in [0.05, 0.1) is 11.8 Å². The normalized spacial score (nSPS) is 11.6. The Labute approximate surface area is 171 Å². The Morgan fingerprint density at radius 2 is 1.79 bits per heavy atom. The number of thioether (sulfide) groups is 1. The van der Waals surface area contributed by atoms with Crippen LogP contribution in [0, 0.1) is 0 Å². The van der Waals surface area contributed by atoms with Crippen molar-refractivity contribution in [2.75, 3.05) is 18.1 Å². The minimum Gasteiger partial charge on any atom is -0.387 e. The van der Waals surface area contributed by atoms with E-state index >= 15 is 0 Å². The molecule has 0 aliphatic carbocycles. The fraction of sp³-hybridized carbons (Fsp3) is 0.143. The molecule has 0 fully saturated rings. The lowest BCUT2D eigenvalue weighted by atomic mass is 10.0. The number of rotatable bonds is 6. The van der Waals surface area contributed by atoms with Gasteiger partial charge in [-0.2, -0.15) is 11.3 Å². The number of carbonyl (C=O) groups is 2. The van der Waals surface area contributed by atoms with Crippen molar-refractivity contribution in [1.29, 1.82) is 0 Å². The van der Waals surface area contributed by atoms with Crippen LogP contribution in [0.2, 0.25) is 0 Å². The van der Waals surface area contributed by atoms with Crippen LogP contribution in [0.15, 0.2) is 70.3 Å². The van der Waals surface area contributed by atoms with Gasteiger partial charge in [0.25, 0.3) is 0 Å². The number of anilines is 1. The summed E-state index contributed by atoms with van der Waals surface area (Å²) in [4.78, 5) is 25.0. The molecular formula is C21H20N2O3S2. The number of hydrogen-bond acceptors (Lipinski definition) is 5. The zero-order valence-electron chi connectivity index (χ0n) is 15.2. The van der Waals surface area contributed by atoms with Gasteiger partial charge in [0, 0.05) is 11.4 Å². The third kappa shape index (κ3) is 5.01. The number of para-hydroxylation sites is 1. The molecule has 2 amide bonds. The summed E-state index contributed by atoms with van der Waals surface area (Å²) >= 11 is 3.10. The molecular weight excluding hydrogens is 392 g/mol. The van der Waals surface area contributed by atoms with E-state index in [2.05, 4.69) is 16.0 Å². The number of aliphatic hydroxyl groups is 1. The standard InChI is InChI=1S/C21H20N2O3S2/c1-27-19-5-3-2-4-17(19)23-21(26)20(25)22-12-18(24)15-8-6-14(7-9-15)16-10-11-28-13-16/h2-11,13,18,24H,12H2,1H3,(H,22,25)(H,23,26). The Hall–Kier alpha value is -2.61. The highest BCUT2D eigenvalue weighted by atomic mass is 32.2. The molecule has 0 aliphatic rings. The lowest BCUT2D eigenvalue weighted by Crippen LogP contribution is -2.37. The van der Waals surface area contributed by atoms with Crippen LogP contribution in [0.3, 0.4) is 0 Å². The van der Waals surface area contributed by atoms with E-state index in [-0.39, 0.29) is 6.54 Å². The second kappa shape index (κ2) is 9.54. The highest BCUT2D eigenvalue weighted by Gasteiger charge is 2.17. The summed E-state index contributed by atoms with van der Waals surface area (Å²) in [5.74, 6) is -1.55. The van der Waals surface area contributed by atoms with Gasteiger partial charge in [0.15, 0.2) is 0 Å². The fourth-order valence-corrected chi connectivity index (χ4v) is 3.86. The summed E-state index contributed by atoms with van der Waals surface area (Å²) in [6.07, 6.45) is 0.997. The van der Waals surface area contributed by atoms with E-state index in [0.717, 1.165) is 16.0 Å². The maximum atomic E-state index is 12.1. The molecule has 0 aliphatic heterocycles. The summed E-state index contributed by atoms with van der Waals surface area (Å²) < 4.78 is 0. The van der Waals surface area contributed by atoms with Crippen LogP contribution in [0.5, 0.6) is 0 Å². The summed E-state index contributed by atoms with van der Waals surface area (Å²) in [6, 6.07) is 16.8. The molecule has 0 saturated carbocycles. The van der Waals surface area contributed by atoms with E-state index < -0.39 is 17.9 Å². The van der Waals surface area contributed by atoms with Crippen LogP contribution in [-0.4, -0.2) is 29.7 Å². The molecule has 3 N–H and O–H groups in total. The van der Waals surface area contributed by atoms with Gasteiger partial charge in [0.2, 0.25) is 0 Å². The molecule has 1 atom stereocenters. The van der Waals surface area contributed by atoms with Crippen LogP contribution in [-0.2, 0) is 9.59 Å². The Morgan fingerprint density at radius 3 is 2.46 bits per heavy atom. The van der Waals surface area contributed by atoms with Gasteiger partial charge in [-0.15, -0.1) is 11.8 Å². The maximum Gasteiger partial charge on any atom is 0.313 e. The quantitative estimate of drug-likeness (QED) is 0.423. The molecule has 0 spiro atoms. The van der Waals surface area contributed by atoms with Gasteiger partial charge in [-0.1, -0.05) is 36.4 Å². The number of benzene rings is 2. The second-order valence-electron chi connectivity index (χ2n) is 6.01. The molecule has 7 heteroatoms. The molecule has 5 nitrogen and oxygen atoms in total. The van der Waals surface area contributed by atoms with Gasteiger partial charge in [-0.3, -0.25) is 9.59 Å². The van der Waals surface area contributed by atoms with Crippen molar-refractivity contribution in [3.8, 4) is 11.1 Å². The molecule has 0 bridgehead atoms. The SMILES string of the molecule is CSc1ccccc1NC(=O)C(=O)NCC(O)c1ccc(-c2ccsc2)cc1. The van der Waals surface area contributed by atoms with Crippen molar-refractivity contribution in [3.63, 3.8) is 0 Å². The van der Waals surface area contributed by atoms with E-state index in [1.54, 1.807) is 23.5 Å². The lowest BCUT2D eigenvalue weighted by molar-refractivity contribution is -0.136. The average molecular weight is 413 g/mol. The number of thiophene rings is 1. The van der Waals surface area contributed by atoms with Crippen LogP contribution in [0.4, 0.5) is 5.69 Å².